The van der Waals surface area contributed by atoms with E-state index in [4.69, 9.17) is 14.2 Å². The molecule has 1 N–H and O–H groups in total. The van der Waals surface area contributed by atoms with Crippen LogP contribution in [-0.2, 0) is 6.54 Å². The molecule has 0 saturated carbocycles. The Balaban J connectivity index is 1.53. The van der Waals surface area contributed by atoms with E-state index >= 15 is 0 Å². The first-order valence-corrected chi connectivity index (χ1v) is 9.42. The molecule has 29 heavy (non-hydrogen) atoms. The minimum Gasteiger partial charge on any atom is -0.497 e. The Morgan fingerprint density at radius 3 is 2.66 bits per heavy atom. The van der Waals surface area contributed by atoms with Crippen LogP contribution in [0.4, 0.5) is 5.69 Å². The zero-order chi connectivity index (χ0) is 19.8. The van der Waals surface area contributed by atoms with E-state index < -0.39 is 0 Å². The van der Waals surface area contributed by atoms with Gasteiger partial charge in [-0.2, -0.15) is 0 Å². The lowest BCUT2D eigenvalue weighted by Gasteiger charge is -2.38. The van der Waals surface area contributed by atoms with Crippen molar-refractivity contribution >= 4 is 11.6 Å². The molecule has 3 aromatic carbocycles. The van der Waals surface area contributed by atoms with Gasteiger partial charge in [-0.25, -0.2) is 0 Å². The van der Waals surface area contributed by atoms with Crippen molar-refractivity contribution < 1.29 is 19.0 Å². The Morgan fingerprint density at radius 2 is 1.83 bits per heavy atom. The van der Waals surface area contributed by atoms with E-state index in [9.17, 15) is 4.79 Å². The largest absolute Gasteiger partial charge is 0.497 e. The summed E-state index contributed by atoms with van der Waals surface area (Å²) in [5.41, 5.74) is 3.45. The molecule has 0 aliphatic carbocycles. The van der Waals surface area contributed by atoms with Crippen LogP contribution < -0.4 is 19.5 Å². The maximum absolute atomic E-state index is 13.4. The Hall–Kier alpha value is -3.67. The molecule has 1 amide bonds. The number of amides is 1. The van der Waals surface area contributed by atoms with Gasteiger partial charge in [0.05, 0.1) is 12.7 Å². The molecule has 0 aromatic heterocycles. The van der Waals surface area contributed by atoms with Crippen LogP contribution in [-0.4, -0.2) is 24.7 Å². The predicted molar refractivity (Wildman–Crippen MR) is 108 cm³/mol. The fraction of sp³-hybridized carbons (Fsp3) is 0.174. The van der Waals surface area contributed by atoms with E-state index in [0.29, 0.717) is 17.9 Å². The van der Waals surface area contributed by atoms with Gasteiger partial charge in [0.15, 0.2) is 11.5 Å². The fourth-order valence-electron chi connectivity index (χ4n) is 3.73. The number of nitrogens with zero attached hydrogens (tertiary/aromatic N) is 1. The van der Waals surface area contributed by atoms with Crippen LogP contribution in [0.15, 0.2) is 66.7 Å². The van der Waals surface area contributed by atoms with Crippen molar-refractivity contribution in [3.8, 4) is 17.2 Å². The number of ether oxygens (including phenoxy) is 3. The monoisotopic (exact) mass is 388 g/mol. The first-order chi connectivity index (χ1) is 14.2. The third-order valence-electron chi connectivity index (χ3n) is 5.25. The van der Waals surface area contributed by atoms with Crippen LogP contribution in [0.1, 0.15) is 27.7 Å². The number of hydrogen-bond donors (Lipinski definition) is 1. The molecule has 1 atom stereocenters. The molecule has 0 unspecified atom stereocenters. The highest BCUT2D eigenvalue weighted by molar-refractivity contribution is 6.01. The van der Waals surface area contributed by atoms with Gasteiger partial charge >= 0.3 is 0 Å². The molecule has 6 heteroatoms. The van der Waals surface area contributed by atoms with Crippen LogP contribution in [0, 0.1) is 0 Å². The normalized spacial score (nSPS) is 16.9. The predicted octanol–water partition coefficient (Wildman–Crippen LogP) is 4.19. The second-order valence-electron chi connectivity index (χ2n) is 6.99. The van der Waals surface area contributed by atoms with Crippen molar-refractivity contribution in [3.63, 3.8) is 0 Å². The smallest absolute Gasteiger partial charge is 0.258 e. The molecule has 2 aliphatic heterocycles. The highest BCUT2D eigenvalue weighted by atomic mass is 16.7. The zero-order valence-electron chi connectivity index (χ0n) is 15.9. The summed E-state index contributed by atoms with van der Waals surface area (Å²) in [7, 11) is 1.64. The molecule has 2 aliphatic rings. The van der Waals surface area contributed by atoms with Gasteiger partial charge in [0, 0.05) is 12.2 Å². The number of nitrogens with one attached hydrogen (secondary N) is 1. The van der Waals surface area contributed by atoms with Crippen LogP contribution in [0.5, 0.6) is 17.2 Å². The lowest BCUT2D eigenvalue weighted by atomic mass is 10.0. The molecule has 5 rings (SSSR count). The standard InChI is InChI=1S/C23H20N2O4/c1-27-17-9-6-15(7-10-17)13-25-22(16-8-11-20-21(12-16)29-14-28-20)24-19-5-3-2-4-18(19)23(25)26/h2-12,22,24H,13-14H2,1H3/t22-/m0/s1. The lowest BCUT2D eigenvalue weighted by molar-refractivity contribution is 0.0666. The molecule has 0 saturated heterocycles. The summed E-state index contributed by atoms with van der Waals surface area (Å²) in [6.45, 7) is 0.678. The average Bonchev–Trinajstić information content (AvgIpc) is 3.24. The topological polar surface area (TPSA) is 60.0 Å². The number of benzene rings is 3. The number of anilines is 1. The molecule has 0 bridgehead atoms. The molecule has 6 nitrogen and oxygen atoms in total. The number of fused-ring (bicyclic) bond motifs is 2. The number of carbonyl (C=O) groups is 1. The number of hydrogen-bond acceptors (Lipinski definition) is 5. The van der Waals surface area contributed by atoms with Gasteiger partial charge in [0.1, 0.15) is 11.9 Å². The summed E-state index contributed by atoms with van der Waals surface area (Å²) in [6, 6.07) is 21.1. The van der Waals surface area contributed by atoms with E-state index in [1.807, 2.05) is 71.6 Å². The quantitative estimate of drug-likeness (QED) is 0.726. The maximum atomic E-state index is 13.4. The Kier molecular flexibility index (Phi) is 4.24. The highest BCUT2D eigenvalue weighted by Gasteiger charge is 2.33. The van der Waals surface area contributed by atoms with Gasteiger partial charge in [-0.15, -0.1) is 0 Å². The van der Waals surface area contributed by atoms with Crippen molar-refractivity contribution in [3.05, 3.63) is 83.4 Å². The fourth-order valence-corrected chi connectivity index (χ4v) is 3.73. The van der Waals surface area contributed by atoms with Crippen molar-refractivity contribution in [2.45, 2.75) is 12.7 Å². The minimum absolute atomic E-state index is 0.0159. The summed E-state index contributed by atoms with van der Waals surface area (Å²) in [5, 5.41) is 3.51. The van der Waals surface area contributed by atoms with Crippen molar-refractivity contribution in [1.29, 1.82) is 0 Å². The molecule has 146 valence electrons. The summed E-state index contributed by atoms with van der Waals surface area (Å²) < 4.78 is 16.2. The van der Waals surface area contributed by atoms with Crippen LogP contribution in [0.3, 0.4) is 0 Å². The third kappa shape index (κ3) is 3.12. The minimum atomic E-state index is -0.325. The average molecular weight is 388 g/mol. The maximum Gasteiger partial charge on any atom is 0.258 e. The first-order valence-electron chi connectivity index (χ1n) is 9.42. The summed E-state index contributed by atoms with van der Waals surface area (Å²) in [5.74, 6) is 2.19. The molecular weight excluding hydrogens is 368 g/mol. The second-order valence-corrected chi connectivity index (χ2v) is 6.99. The number of para-hydroxylation sites is 1. The van der Waals surface area contributed by atoms with E-state index in [1.54, 1.807) is 7.11 Å². The van der Waals surface area contributed by atoms with E-state index in [-0.39, 0.29) is 18.9 Å². The van der Waals surface area contributed by atoms with Crippen LogP contribution in [0.25, 0.3) is 0 Å². The van der Waals surface area contributed by atoms with Crippen LogP contribution >= 0.6 is 0 Å². The highest BCUT2D eigenvalue weighted by Crippen LogP contribution is 2.39. The Labute approximate surface area is 168 Å². The molecular formula is C23H20N2O4. The van der Waals surface area contributed by atoms with E-state index in [0.717, 1.165) is 28.3 Å². The second kappa shape index (κ2) is 7.05. The molecule has 3 aromatic rings. The number of carbonyl (C=O) groups excluding carboxylic acids is 1. The number of rotatable bonds is 4. The van der Waals surface area contributed by atoms with Gasteiger partial charge in [-0.3, -0.25) is 4.79 Å². The van der Waals surface area contributed by atoms with Crippen molar-refractivity contribution in [1.82, 2.24) is 4.90 Å². The van der Waals surface area contributed by atoms with Gasteiger partial charge in [-0.05, 0) is 47.5 Å². The number of methoxy groups -OCH3 is 1. The van der Waals surface area contributed by atoms with Gasteiger partial charge in [-0.1, -0.05) is 30.3 Å². The van der Waals surface area contributed by atoms with Gasteiger partial charge in [0.2, 0.25) is 6.79 Å². The summed E-state index contributed by atoms with van der Waals surface area (Å²) in [4.78, 5) is 15.2. The van der Waals surface area contributed by atoms with Crippen molar-refractivity contribution in [2.75, 3.05) is 19.2 Å². The zero-order valence-corrected chi connectivity index (χ0v) is 15.9. The first kappa shape index (κ1) is 17.4. The van der Waals surface area contributed by atoms with Crippen LogP contribution in [0.2, 0.25) is 0 Å². The Bertz CT molecular complexity index is 1060. The van der Waals surface area contributed by atoms with E-state index in [1.165, 1.54) is 0 Å². The SMILES string of the molecule is COc1ccc(CN2C(=O)c3ccccc3N[C@@H]2c2ccc3c(c2)OCO3)cc1. The Morgan fingerprint density at radius 1 is 1.03 bits per heavy atom. The van der Waals surface area contributed by atoms with Crippen molar-refractivity contribution in [2.24, 2.45) is 0 Å². The van der Waals surface area contributed by atoms with Gasteiger partial charge in [0.25, 0.3) is 5.91 Å². The molecule has 0 spiro atoms. The molecule has 2 heterocycles. The molecule has 0 fully saturated rings. The van der Waals surface area contributed by atoms with Gasteiger partial charge < -0.3 is 24.4 Å². The lowest BCUT2D eigenvalue weighted by Crippen LogP contribution is -2.42. The summed E-state index contributed by atoms with van der Waals surface area (Å²) in [6.07, 6.45) is -0.325. The summed E-state index contributed by atoms with van der Waals surface area (Å²) >= 11 is 0. The van der Waals surface area contributed by atoms with E-state index in [2.05, 4.69) is 5.32 Å². The third-order valence-corrected chi connectivity index (χ3v) is 5.25. The molecule has 0 radical (unpaired) electrons.